The topological polar surface area (TPSA) is 98.7 Å². The highest BCUT2D eigenvalue weighted by Gasteiger charge is 2.58. The first-order chi connectivity index (χ1) is 17.4. The number of nitrogens with zero attached hydrogens (tertiary/aromatic N) is 1. The summed E-state index contributed by atoms with van der Waals surface area (Å²) in [6, 6.07) is 9.28. The number of amides is 3. The molecule has 1 unspecified atom stereocenters. The number of fused-ring (bicyclic) bond motifs is 3. The van der Waals surface area contributed by atoms with Crippen molar-refractivity contribution >= 4 is 23.4 Å². The SMILES string of the molecule is CC(O)(C(=O)NCC(F)(F)C(F)(F)F)C(=O)N[C@@H]1C(=O)N(CC(F)(F)F)c2ccccc2-c2ccccc21. The van der Waals surface area contributed by atoms with Gasteiger partial charge in [-0.1, -0.05) is 42.5 Å². The zero-order valence-electron chi connectivity index (χ0n) is 19.3. The number of para-hydroxylation sites is 1. The quantitative estimate of drug-likeness (QED) is 0.377. The first-order valence-corrected chi connectivity index (χ1v) is 10.7. The van der Waals surface area contributed by atoms with E-state index in [9.17, 15) is 54.6 Å². The fourth-order valence-corrected chi connectivity index (χ4v) is 3.66. The van der Waals surface area contributed by atoms with Crippen molar-refractivity contribution in [2.45, 2.75) is 36.8 Å². The third-order valence-electron chi connectivity index (χ3n) is 5.65. The second-order valence-electron chi connectivity index (χ2n) is 8.51. The van der Waals surface area contributed by atoms with E-state index in [0.29, 0.717) is 11.8 Å². The molecule has 3 rings (SSSR count). The summed E-state index contributed by atoms with van der Waals surface area (Å²) >= 11 is 0. The Hall–Kier alpha value is -3.75. The van der Waals surface area contributed by atoms with E-state index in [-0.39, 0.29) is 22.4 Å². The van der Waals surface area contributed by atoms with Crippen LogP contribution in [0.2, 0.25) is 0 Å². The summed E-state index contributed by atoms with van der Waals surface area (Å²) in [5.74, 6) is -10.4. The number of halogens is 8. The summed E-state index contributed by atoms with van der Waals surface area (Å²) in [5.41, 5.74) is -3.07. The molecule has 2 aromatic carbocycles. The van der Waals surface area contributed by atoms with Crippen molar-refractivity contribution < 1.29 is 54.6 Å². The summed E-state index contributed by atoms with van der Waals surface area (Å²) in [6.07, 6.45) is -10.9. The van der Waals surface area contributed by atoms with Crippen molar-refractivity contribution in [3.8, 4) is 11.1 Å². The number of alkyl halides is 8. The van der Waals surface area contributed by atoms with Gasteiger partial charge in [0.05, 0.1) is 12.2 Å². The molecule has 38 heavy (non-hydrogen) atoms. The molecule has 206 valence electrons. The Morgan fingerprint density at radius 2 is 1.45 bits per heavy atom. The monoisotopic (exact) mass is 553 g/mol. The average molecular weight is 553 g/mol. The smallest absolute Gasteiger partial charge is 0.372 e. The normalized spacial score (nSPS) is 17.6. The van der Waals surface area contributed by atoms with Gasteiger partial charge in [-0.3, -0.25) is 14.4 Å². The Bertz CT molecular complexity index is 1240. The first-order valence-electron chi connectivity index (χ1n) is 10.7. The van der Waals surface area contributed by atoms with Crippen LogP contribution in [-0.2, 0) is 14.4 Å². The Labute approximate surface area is 209 Å². The van der Waals surface area contributed by atoms with E-state index in [1.165, 1.54) is 48.5 Å². The van der Waals surface area contributed by atoms with E-state index < -0.39 is 60.7 Å². The molecule has 0 spiro atoms. The molecule has 0 fully saturated rings. The fraction of sp³-hybridized carbons (Fsp3) is 0.348. The van der Waals surface area contributed by atoms with Gasteiger partial charge in [0.2, 0.25) is 5.60 Å². The van der Waals surface area contributed by atoms with Crippen LogP contribution in [0, 0.1) is 0 Å². The number of nitrogens with one attached hydrogen (secondary N) is 2. The zero-order valence-corrected chi connectivity index (χ0v) is 19.3. The number of carbonyl (C=O) groups excluding carboxylic acids is 3. The Balaban J connectivity index is 1.96. The van der Waals surface area contributed by atoms with E-state index in [4.69, 9.17) is 0 Å². The maximum absolute atomic E-state index is 13.4. The molecule has 0 radical (unpaired) electrons. The Morgan fingerprint density at radius 3 is 2.03 bits per heavy atom. The van der Waals surface area contributed by atoms with Crippen molar-refractivity contribution in [2.75, 3.05) is 18.0 Å². The molecular weight excluding hydrogens is 534 g/mol. The molecule has 0 saturated heterocycles. The van der Waals surface area contributed by atoms with Gasteiger partial charge >= 0.3 is 18.3 Å². The van der Waals surface area contributed by atoms with Gasteiger partial charge < -0.3 is 20.6 Å². The minimum atomic E-state index is -6.04. The molecule has 0 aliphatic carbocycles. The van der Waals surface area contributed by atoms with Crippen LogP contribution in [0.5, 0.6) is 0 Å². The van der Waals surface area contributed by atoms with Crippen LogP contribution >= 0.6 is 0 Å². The Morgan fingerprint density at radius 1 is 0.895 bits per heavy atom. The second-order valence-corrected chi connectivity index (χ2v) is 8.51. The standard InChI is InChI=1S/C23H19F8N3O4/c1-20(38,18(36)32-10-21(24,25)23(29,30)31)19(37)33-16-14-8-3-2-6-12(14)13-7-4-5-9-15(13)34(17(16)35)11-22(26,27)28/h2-9,16,38H,10-11H2,1H3,(H,32,36)(H,33,37)/t16-,20?/m0/s1. The summed E-state index contributed by atoms with van der Waals surface area (Å²) in [6.45, 7) is -3.62. The molecule has 1 heterocycles. The van der Waals surface area contributed by atoms with Crippen LogP contribution in [0.15, 0.2) is 48.5 Å². The summed E-state index contributed by atoms with van der Waals surface area (Å²) in [5, 5.41) is 13.4. The number of benzene rings is 2. The maximum Gasteiger partial charge on any atom is 0.455 e. The molecule has 7 nitrogen and oxygen atoms in total. The summed E-state index contributed by atoms with van der Waals surface area (Å²) in [4.78, 5) is 38.7. The van der Waals surface area contributed by atoms with Crippen molar-refractivity contribution in [3.63, 3.8) is 0 Å². The number of carbonyl (C=O) groups is 3. The molecule has 0 saturated carbocycles. The highest BCUT2D eigenvalue weighted by atomic mass is 19.4. The molecule has 0 aromatic heterocycles. The van der Waals surface area contributed by atoms with Gasteiger partial charge in [0.25, 0.3) is 17.7 Å². The van der Waals surface area contributed by atoms with Crippen LogP contribution < -0.4 is 15.5 Å². The minimum Gasteiger partial charge on any atom is -0.372 e. The van der Waals surface area contributed by atoms with Crippen LogP contribution in [-0.4, -0.2) is 59.8 Å². The first kappa shape index (κ1) is 28.8. The maximum atomic E-state index is 13.4. The fourth-order valence-electron chi connectivity index (χ4n) is 3.66. The molecule has 0 bridgehead atoms. The lowest BCUT2D eigenvalue weighted by Gasteiger charge is -2.29. The van der Waals surface area contributed by atoms with Gasteiger partial charge in [-0.25, -0.2) is 0 Å². The summed E-state index contributed by atoms with van der Waals surface area (Å²) < 4.78 is 104. The number of hydrogen-bond donors (Lipinski definition) is 3. The van der Waals surface area contributed by atoms with Crippen LogP contribution in [0.25, 0.3) is 11.1 Å². The number of aliphatic hydroxyl groups is 1. The largest absolute Gasteiger partial charge is 0.455 e. The van der Waals surface area contributed by atoms with Crippen LogP contribution in [0.1, 0.15) is 18.5 Å². The molecule has 1 aliphatic rings. The number of anilines is 1. The van der Waals surface area contributed by atoms with E-state index >= 15 is 0 Å². The third-order valence-corrected chi connectivity index (χ3v) is 5.65. The number of rotatable bonds is 6. The molecular formula is C23H19F8N3O4. The number of hydrogen-bond acceptors (Lipinski definition) is 4. The van der Waals surface area contributed by atoms with Gasteiger partial charge in [-0.15, -0.1) is 0 Å². The zero-order chi connectivity index (χ0) is 28.7. The predicted octanol–water partition coefficient (Wildman–Crippen LogP) is 3.48. The van der Waals surface area contributed by atoms with Gasteiger partial charge in [0.15, 0.2) is 0 Å². The highest BCUT2D eigenvalue weighted by Crippen LogP contribution is 2.41. The van der Waals surface area contributed by atoms with Gasteiger partial charge in [-0.2, -0.15) is 35.1 Å². The minimum absolute atomic E-state index is 0.0252. The lowest BCUT2D eigenvalue weighted by molar-refractivity contribution is -0.278. The summed E-state index contributed by atoms with van der Waals surface area (Å²) in [7, 11) is 0. The van der Waals surface area contributed by atoms with E-state index in [1.807, 2.05) is 5.32 Å². The van der Waals surface area contributed by atoms with Crippen molar-refractivity contribution in [3.05, 3.63) is 54.1 Å². The van der Waals surface area contributed by atoms with E-state index in [0.717, 1.165) is 5.32 Å². The predicted molar refractivity (Wildman–Crippen MR) is 116 cm³/mol. The average Bonchev–Trinajstić information content (AvgIpc) is 2.90. The van der Waals surface area contributed by atoms with Gasteiger partial charge in [0, 0.05) is 5.56 Å². The molecule has 2 atom stereocenters. The second kappa shape index (κ2) is 9.85. The van der Waals surface area contributed by atoms with Crippen LogP contribution in [0.4, 0.5) is 40.8 Å². The van der Waals surface area contributed by atoms with Gasteiger partial charge in [-0.05, 0) is 24.1 Å². The van der Waals surface area contributed by atoms with E-state index in [1.54, 1.807) is 0 Å². The highest BCUT2D eigenvalue weighted by molar-refractivity contribution is 6.11. The van der Waals surface area contributed by atoms with E-state index in [2.05, 4.69) is 0 Å². The van der Waals surface area contributed by atoms with Crippen molar-refractivity contribution in [2.24, 2.45) is 0 Å². The van der Waals surface area contributed by atoms with Crippen molar-refractivity contribution in [1.82, 2.24) is 10.6 Å². The molecule has 3 N–H and O–H groups in total. The lowest BCUT2D eigenvalue weighted by atomic mass is 9.94. The van der Waals surface area contributed by atoms with Gasteiger partial charge in [0.1, 0.15) is 12.6 Å². The molecule has 2 aromatic rings. The third kappa shape index (κ3) is 5.71. The molecule has 3 amide bonds. The molecule has 15 heteroatoms. The molecule has 1 aliphatic heterocycles. The van der Waals surface area contributed by atoms with Crippen LogP contribution in [0.3, 0.4) is 0 Å². The lowest BCUT2D eigenvalue weighted by Crippen LogP contribution is -2.59. The Kier molecular flexibility index (Phi) is 7.47. The van der Waals surface area contributed by atoms with Crippen molar-refractivity contribution in [1.29, 1.82) is 0 Å².